The molecule has 0 bridgehead atoms. The topological polar surface area (TPSA) is 30.5 Å². The minimum absolute atomic E-state index is 0.0143. The average Bonchev–Trinajstić information content (AvgIpc) is 2.45. The molecule has 3 nitrogen and oxygen atoms in total. The van der Waals surface area contributed by atoms with Gasteiger partial charge in [-0.1, -0.05) is 22.0 Å². The lowest BCUT2D eigenvalue weighted by molar-refractivity contribution is 0.0453. The van der Waals surface area contributed by atoms with E-state index < -0.39 is 0 Å². The number of nitrogens with one attached hydrogen (secondary N) is 1. The quantitative estimate of drug-likeness (QED) is 0.632. The van der Waals surface area contributed by atoms with E-state index in [1.54, 1.807) is 0 Å². The van der Waals surface area contributed by atoms with Gasteiger partial charge in [-0.05, 0) is 31.0 Å². The Bertz CT molecular complexity index is 397. The molecule has 1 aromatic carbocycles. The molecule has 1 saturated heterocycles. The highest BCUT2D eigenvalue weighted by molar-refractivity contribution is 9.10. The lowest BCUT2D eigenvalue weighted by Crippen LogP contribution is -2.52. The van der Waals surface area contributed by atoms with E-state index in [0.29, 0.717) is 12.5 Å². The number of alkyl halides is 1. The molecule has 0 aromatic heterocycles. The number of ether oxygens (including phenoxy) is 2. The van der Waals surface area contributed by atoms with Crippen LogP contribution in [0.1, 0.15) is 12.8 Å². The Hall–Kier alpha value is -0.290. The van der Waals surface area contributed by atoms with Crippen LogP contribution in [0.25, 0.3) is 0 Å². The van der Waals surface area contributed by atoms with E-state index in [1.807, 2.05) is 24.3 Å². The van der Waals surface area contributed by atoms with Gasteiger partial charge in [0.2, 0.25) is 0 Å². The molecule has 19 heavy (non-hydrogen) atoms. The van der Waals surface area contributed by atoms with Crippen molar-refractivity contribution in [3.05, 3.63) is 28.7 Å². The van der Waals surface area contributed by atoms with Gasteiger partial charge in [0.15, 0.2) is 0 Å². The van der Waals surface area contributed by atoms with Gasteiger partial charge in [-0.2, -0.15) is 0 Å². The number of hydrogen-bond donors (Lipinski definition) is 1. The molecular formula is C14H19BrClNO2. The number of rotatable bonds is 6. The molecule has 1 N–H and O–H groups in total. The summed E-state index contributed by atoms with van der Waals surface area (Å²) in [6.07, 6.45) is 1.93. The Morgan fingerprint density at radius 1 is 1.37 bits per heavy atom. The number of halogens is 2. The van der Waals surface area contributed by atoms with Crippen LogP contribution in [0.4, 0.5) is 0 Å². The van der Waals surface area contributed by atoms with E-state index in [0.717, 1.165) is 42.8 Å². The Kier molecular flexibility index (Phi) is 5.95. The zero-order chi connectivity index (χ0) is 13.6. The lowest BCUT2D eigenvalue weighted by atomic mass is 9.92. The van der Waals surface area contributed by atoms with E-state index in [4.69, 9.17) is 21.1 Å². The third kappa shape index (κ3) is 4.63. The molecule has 2 rings (SSSR count). The SMILES string of the molecule is ClCC1(NCCOc2cccc(Br)c2)CCOCC1. The summed E-state index contributed by atoms with van der Waals surface area (Å²) in [7, 11) is 0. The fourth-order valence-electron chi connectivity index (χ4n) is 2.16. The largest absolute Gasteiger partial charge is 0.492 e. The van der Waals surface area contributed by atoms with Crippen LogP contribution in [0.3, 0.4) is 0 Å². The highest BCUT2D eigenvalue weighted by atomic mass is 79.9. The third-order valence-corrected chi connectivity index (χ3v) is 4.38. The number of hydrogen-bond acceptors (Lipinski definition) is 3. The van der Waals surface area contributed by atoms with Crippen LogP contribution in [-0.2, 0) is 4.74 Å². The van der Waals surface area contributed by atoms with Crippen molar-refractivity contribution in [3.63, 3.8) is 0 Å². The molecule has 0 unspecified atom stereocenters. The van der Waals surface area contributed by atoms with Gasteiger partial charge in [-0.15, -0.1) is 11.6 Å². The first-order valence-electron chi connectivity index (χ1n) is 6.51. The zero-order valence-electron chi connectivity index (χ0n) is 10.8. The fourth-order valence-corrected chi connectivity index (χ4v) is 2.90. The first kappa shape index (κ1) is 15.1. The molecule has 1 aliphatic heterocycles. The summed E-state index contributed by atoms with van der Waals surface area (Å²) in [6.45, 7) is 2.99. The average molecular weight is 349 g/mol. The van der Waals surface area contributed by atoms with E-state index in [-0.39, 0.29) is 5.54 Å². The van der Waals surface area contributed by atoms with Gasteiger partial charge in [-0.3, -0.25) is 0 Å². The van der Waals surface area contributed by atoms with Crippen molar-refractivity contribution in [1.82, 2.24) is 5.32 Å². The minimum atomic E-state index is 0.0143. The molecule has 0 saturated carbocycles. The standard InChI is InChI=1S/C14H19BrClNO2/c15-12-2-1-3-13(10-12)19-9-6-17-14(11-16)4-7-18-8-5-14/h1-3,10,17H,4-9,11H2. The van der Waals surface area contributed by atoms with Gasteiger partial charge >= 0.3 is 0 Å². The Morgan fingerprint density at radius 2 is 2.16 bits per heavy atom. The Balaban J connectivity index is 1.73. The maximum absolute atomic E-state index is 6.09. The molecule has 0 spiro atoms. The molecule has 5 heteroatoms. The zero-order valence-corrected chi connectivity index (χ0v) is 13.2. The summed E-state index contributed by atoms with van der Waals surface area (Å²) < 4.78 is 12.1. The molecule has 0 radical (unpaired) electrons. The monoisotopic (exact) mass is 347 g/mol. The molecule has 0 aliphatic carbocycles. The van der Waals surface area contributed by atoms with Gasteiger partial charge in [0.1, 0.15) is 12.4 Å². The van der Waals surface area contributed by atoms with Crippen LogP contribution in [0, 0.1) is 0 Å². The molecule has 0 amide bonds. The van der Waals surface area contributed by atoms with Crippen molar-refractivity contribution in [3.8, 4) is 5.75 Å². The highest BCUT2D eigenvalue weighted by Gasteiger charge is 2.30. The van der Waals surface area contributed by atoms with Crippen molar-refractivity contribution in [2.75, 3.05) is 32.2 Å². The maximum Gasteiger partial charge on any atom is 0.120 e. The second-order valence-electron chi connectivity index (χ2n) is 4.76. The highest BCUT2D eigenvalue weighted by Crippen LogP contribution is 2.22. The first-order chi connectivity index (χ1) is 9.24. The number of benzene rings is 1. The van der Waals surface area contributed by atoms with Crippen LogP contribution in [-0.4, -0.2) is 37.8 Å². The fraction of sp³-hybridized carbons (Fsp3) is 0.571. The molecule has 1 fully saturated rings. The summed E-state index contributed by atoms with van der Waals surface area (Å²) in [4.78, 5) is 0. The van der Waals surface area contributed by atoms with E-state index in [9.17, 15) is 0 Å². The van der Waals surface area contributed by atoms with Gasteiger partial charge in [0.25, 0.3) is 0 Å². The molecular weight excluding hydrogens is 330 g/mol. The van der Waals surface area contributed by atoms with Gasteiger partial charge < -0.3 is 14.8 Å². The van der Waals surface area contributed by atoms with Crippen molar-refractivity contribution >= 4 is 27.5 Å². The second-order valence-corrected chi connectivity index (χ2v) is 5.94. The van der Waals surface area contributed by atoms with E-state index >= 15 is 0 Å². The van der Waals surface area contributed by atoms with Crippen molar-refractivity contribution in [1.29, 1.82) is 0 Å². The molecule has 106 valence electrons. The smallest absolute Gasteiger partial charge is 0.120 e. The molecule has 1 heterocycles. The predicted octanol–water partition coefficient (Wildman–Crippen LogP) is 3.21. The van der Waals surface area contributed by atoms with Crippen LogP contribution in [0.5, 0.6) is 5.75 Å². The molecule has 1 aromatic rings. The van der Waals surface area contributed by atoms with E-state index in [1.165, 1.54) is 0 Å². The normalized spacial score (nSPS) is 18.2. The van der Waals surface area contributed by atoms with Crippen LogP contribution in [0.2, 0.25) is 0 Å². The maximum atomic E-state index is 6.09. The third-order valence-electron chi connectivity index (χ3n) is 3.37. The molecule has 1 aliphatic rings. The molecule has 0 atom stereocenters. The Labute approximate surface area is 127 Å². The van der Waals surface area contributed by atoms with Crippen molar-refractivity contribution in [2.24, 2.45) is 0 Å². The summed E-state index contributed by atoms with van der Waals surface area (Å²) in [5.41, 5.74) is 0.0143. The second kappa shape index (κ2) is 7.48. The van der Waals surface area contributed by atoms with Crippen molar-refractivity contribution in [2.45, 2.75) is 18.4 Å². The minimum Gasteiger partial charge on any atom is -0.492 e. The van der Waals surface area contributed by atoms with Crippen molar-refractivity contribution < 1.29 is 9.47 Å². The summed E-state index contributed by atoms with van der Waals surface area (Å²) in [5.74, 6) is 1.50. The van der Waals surface area contributed by atoms with Gasteiger partial charge in [0, 0.05) is 35.7 Å². The summed E-state index contributed by atoms with van der Waals surface area (Å²) in [6, 6.07) is 7.86. The van der Waals surface area contributed by atoms with Crippen LogP contribution < -0.4 is 10.1 Å². The van der Waals surface area contributed by atoms with Gasteiger partial charge in [-0.25, -0.2) is 0 Å². The first-order valence-corrected chi connectivity index (χ1v) is 7.84. The van der Waals surface area contributed by atoms with Gasteiger partial charge in [0.05, 0.1) is 0 Å². The van der Waals surface area contributed by atoms with Crippen LogP contribution in [0.15, 0.2) is 28.7 Å². The van der Waals surface area contributed by atoms with Crippen LogP contribution >= 0.6 is 27.5 Å². The summed E-state index contributed by atoms with van der Waals surface area (Å²) in [5, 5.41) is 3.52. The lowest BCUT2D eigenvalue weighted by Gasteiger charge is -2.36. The Morgan fingerprint density at radius 3 is 2.84 bits per heavy atom. The summed E-state index contributed by atoms with van der Waals surface area (Å²) >= 11 is 9.52. The predicted molar refractivity (Wildman–Crippen MR) is 81.1 cm³/mol. The van der Waals surface area contributed by atoms with E-state index in [2.05, 4.69) is 21.2 Å².